The highest BCUT2D eigenvalue weighted by molar-refractivity contribution is 8.27. The van der Waals surface area contributed by atoms with Gasteiger partial charge in [0.2, 0.25) is 0 Å². The third-order valence-electron chi connectivity index (χ3n) is 4.92. The molecule has 0 unspecified atom stereocenters. The zero-order chi connectivity index (χ0) is 22.8. The van der Waals surface area contributed by atoms with Crippen molar-refractivity contribution in [3.63, 3.8) is 0 Å². The maximum Gasteiger partial charge on any atom is 0.285 e. The third-order valence-corrected chi connectivity index (χ3v) is 6.20. The highest BCUT2D eigenvalue weighted by Crippen LogP contribution is 2.33. The number of non-ortho nitro benzene ring substituents is 1. The third kappa shape index (κ3) is 4.44. The van der Waals surface area contributed by atoms with Crippen molar-refractivity contribution in [1.29, 1.82) is 0 Å². The molecular weight excluding hydrogens is 446 g/mol. The van der Waals surface area contributed by atoms with Crippen LogP contribution in [-0.4, -0.2) is 19.8 Å². The summed E-state index contributed by atoms with van der Waals surface area (Å²) in [5.41, 5.74) is 3.54. The number of amides is 1. The number of carbonyl (C=O) groups is 1. The Morgan fingerprint density at radius 2 is 1.78 bits per heavy atom. The molecule has 1 amide bonds. The molecule has 0 saturated carbocycles. The summed E-state index contributed by atoms with van der Waals surface area (Å²) >= 11 is 6.73. The standard InChI is InChI=1S/C23H19N3O4S2/c1-15-6-7-16(2)24(15)25-22(27)21(32-23(25)31)13-18-4-3-5-20(12-18)30-14-17-8-10-19(11-9-17)26(28)29/h3-13H,14H2,1-2H3/b21-13+. The molecule has 0 N–H and O–H groups in total. The Hall–Kier alpha value is -3.43. The summed E-state index contributed by atoms with van der Waals surface area (Å²) in [6.45, 7) is 4.14. The van der Waals surface area contributed by atoms with E-state index in [1.54, 1.807) is 18.2 Å². The fraction of sp³-hybridized carbons (Fsp3) is 0.130. The van der Waals surface area contributed by atoms with E-state index in [2.05, 4.69) is 0 Å². The summed E-state index contributed by atoms with van der Waals surface area (Å²) in [7, 11) is 0. The molecule has 7 nitrogen and oxygen atoms in total. The zero-order valence-corrected chi connectivity index (χ0v) is 19.0. The molecule has 1 aliphatic heterocycles. The maximum absolute atomic E-state index is 13.0. The number of carbonyl (C=O) groups excluding carboxylic acids is 1. The number of hydrogen-bond acceptors (Lipinski definition) is 6. The Balaban J connectivity index is 1.49. The number of thiocarbonyl (C=S) groups is 1. The van der Waals surface area contributed by atoms with Crippen molar-refractivity contribution in [2.45, 2.75) is 20.5 Å². The van der Waals surface area contributed by atoms with Gasteiger partial charge >= 0.3 is 0 Å². The number of aromatic nitrogens is 1. The Morgan fingerprint density at radius 3 is 2.44 bits per heavy atom. The van der Waals surface area contributed by atoms with Crippen LogP contribution < -0.4 is 9.75 Å². The molecule has 1 saturated heterocycles. The molecule has 0 aliphatic carbocycles. The average Bonchev–Trinajstić information content (AvgIpc) is 3.24. The van der Waals surface area contributed by atoms with Crippen LogP contribution in [0.3, 0.4) is 0 Å². The van der Waals surface area contributed by atoms with Crippen LogP contribution in [0, 0.1) is 24.0 Å². The first-order valence-electron chi connectivity index (χ1n) is 9.73. The highest BCUT2D eigenvalue weighted by atomic mass is 32.2. The molecule has 162 valence electrons. The number of ether oxygens (including phenoxy) is 1. The van der Waals surface area contributed by atoms with Crippen LogP contribution in [0.4, 0.5) is 5.69 Å². The van der Waals surface area contributed by atoms with E-state index in [0.717, 1.165) is 22.5 Å². The fourth-order valence-electron chi connectivity index (χ4n) is 3.33. The summed E-state index contributed by atoms with van der Waals surface area (Å²) in [6, 6.07) is 17.5. The highest BCUT2D eigenvalue weighted by Gasteiger charge is 2.34. The molecule has 0 atom stereocenters. The van der Waals surface area contributed by atoms with Crippen LogP contribution in [0.15, 0.2) is 65.6 Å². The lowest BCUT2D eigenvalue weighted by Crippen LogP contribution is -2.39. The Labute approximate surface area is 194 Å². The quantitative estimate of drug-likeness (QED) is 0.217. The van der Waals surface area contributed by atoms with Gasteiger partial charge < -0.3 is 4.74 Å². The van der Waals surface area contributed by atoms with Gasteiger partial charge in [-0.1, -0.05) is 23.9 Å². The fourth-order valence-corrected chi connectivity index (χ4v) is 4.58. The molecule has 32 heavy (non-hydrogen) atoms. The second-order valence-corrected chi connectivity index (χ2v) is 8.88. The van der Waals surface area contributed by atoms with Crippen LogP contribution in [0.25, 0.3) is 6.08 Å². The number of hydrogen-bond donors (Lipinski definition) is 0. The van der Waals surface area contributed by atoms with Gasteiger partial charge in [-0.05, 0) is 79.7 Å². The second-order valence-electron chi connectivity index (χ2n) is 7.21. The second kappa shape index (κ2) is 8.97. The van der Waals surface area contributed by atoms with Gasteiger partial charge in [0, 0.05) is 23.5 Å². The van der Waals surface area contributed by atoms with Gasteiger partial charge in [-0.3, -0.25) is 19.6 Å². The monoisotopic (exact) mass is 465 g/mol. The largest absolute Gasteiger partial charge is 0.489 e. The topological polar surface area (TPSA) is 77.6 Å². The van der Waals surface area contributed by atoms with E-state index < -0.39 is 4.92 Å². The van der Waals surface area contributed by atoms with Crippen molar-refractivity contribution in [3.8, 4) is 5.75 Å². The maximum atomic E-state index is 13.0. The lowest BCUT2D eigenvalue weighted by Gasteiger charge is -2.20. The molecule has 4 rings (SSSR count). The number of aryl methyl sites for hydroxylation is 2. The number of nitro groups is 1. The summed E-state index contributed by atoms with van der Waals surface area (Å²) in [4.78, 5) is 23.9. The van der Waals surface area contributed by atoms with Crippen molar-refractivity contribution in [1.82, 2.24) is 4.68 Å². The summed E-state index contributed by atoms with van der Waals surface area (Å²) < 4.78 is 8.13. The first kappa shape index (κ1) is 21.8. The van der Waals surface area contributed by atoms with Crippen molar-refractivity contribution in [3.05, 3.63) is 98.2 Å². The molecule has 0 radical (unpaired) electrons. The van der Waals surface area contributed by atoms with E-state index in [0.29, 0.717) is 15.0 Å². The minimum absolute atomic E-state index is 0.0401. The molecule has 9 heteroatoms. The van der Waals surface area contributed by atoms with Crippen LogP contribution >= 0.6 is 24.0 Å². The van der Waals surface area contributed by atoms with E-state index in [-0.39, 0.29) is 18.2 Å². The molecule has 0 bridgehead atoms. The van der Waals surface area contributed by atoms with E-state index >= 15 is 0 Å². The smallest absolute Gasteiger partial charge is 0.285 e. The van der Waals surface area contributed by atoms with Crippen molar-refractivity contribution in [2.24, 2.45) is 0 Å². The molecule has 1 aromatic heterocycles. The van der Waals surface area contributed by atoms with E-state index in [1.165, 1.54) is 28.9 Å². The van der Waals surface area contributed by atoms with Crippen molar-refractivity contribution >= 4 is 46.0 Å². The number of benzene rings is 2. The van der Waals surface area contributed by atoms with Crippen molar-refractivity contribution < 1.29 is 14.5 Å². The van der Waals surface area contributed by atoms with Crippen LogP contribution in [0.2, 0.25) is 0 Å². The van der Waals surface area contributed by atoms with Gasteiger partial charge in [-0.2, -0.15) is 5.01 Å². The Kier molecular flexibility index (Phi) is 6.11. The van der Waals surface area contributed by atoms with Crippen LogP contribution in [0.1, 0.15) is 22.5 Å². The first-order valence-corrected chi connectivity index (χ1v) is 11.0. The van der Waals surface area contributed by atoms with Crippen molar-refractivity contribution in [2.75, 3.05) is 5.01 Å². The van der Waals surface area contributed by atoms with Crippen LogP contribution in [0.5, 0.6) is 5.75 Å². The first-order chi connectivity index (χ1) is 15.3. The van der Waals surface area contributed by atoms with Gasteiger partial charge in [0.25, 0.3) is 11.6 Å². The SMILES string of the molecule is Cc1ccc(C)n1N1C(=O)/C(=C\c2cccc(OCc3ccc([N+](=O)[O-])cc3)c2)SC1=S. The Morgan fingerprint density at radius 1 is 1.09 bits per heavy atom. The molecule has 0 spiro atoms. The van der Waals surface area contributed by atoms with Gasteiger partial charge in [-0.25, -0.2) is 0 Å². The molecule has 1 aliphatic rings. The molecule has 2 heterocycles. The zero-order valence-electron chi connectivity index (χ0n) is 17.3. The molecule has 1 fully saturated rings. The number of thioether (sulfide) groups is 1. The summed E-state index contributed by atoms with van der Waals surface area (Å²) in [5, 5.41) is 12.3. The Bertz CT molecular complexity index is 1230. The predicted molar refractivity (Wildman–Crippen MR) is 129 cm³/mol. The molecular formula is C23H19N3O4S2. The minimum Gasteiger partial charge on any atom is -0.489 e. The van der Waals surface area contributed by atoms with Gasteiger partial charge in [0.15, 0.2) is 4.32 Å². The van der Waals surface area contributed by atoms with E-state index in [4.69, 9.17) is 17.0 Å². The van der Waals surface area contributed by atoms with Gasteiger partial charge in [0.1, 0.15) is 12.4 Å². The lowest BCUT2D eigenvalue weighted by molar-refractivity contribution is -0.384. The van der Waals surface area contributed by atoms with E-state index in [1.807, 2.05) is 54.9 Å². The van der Waals surface area contributed by atoms with Gasteiger partial charge in [-0.15, -0.1) is 0 Å². The number of rotatable bonds is 6. The van der Waals surface area contributed by atoms with Gasteiger partial charge in [0.05, 0.1) is 9.83 Å². The lowest BCUT2D eigenvalue weighted by atomic mass is 10.2. The average molecular weight is 466 g/mol. The molecule has 2 aromatic carbocycles. The van der Waals surface area contributed by atoms with Crippen LogP contribution in [-0.2, 0) is 11.4 Å². The predicted octanol–water partition coefficient (Wildman–Crippen LogP) is 5.13. The van der Waals surface area contributed by atoms with E-state index in [9.17, 15) is 14.9 Å². The number of nitrogens with zero attached hydrogens (tertiary/aromatic N) is 3. The summed E-state index contributed by atoms with van der Waals surface area (Å²) in [5.74, 6) is 0.462. The minimum atomic E-state index is -0.435. The number of nitro benzene ring substituents is 1. The molecule has 3 aromatic rings. The summed E-state index contributed by atoms with van der Waals surface area (Å²) in [6.07, 6.45) is 1.80. The normalized spacial score (nSPS) is 14.9.